The monoisotopic (exact) mass is 292 g/mol. The predicted octanol–water partition coefficient (Wildman–Crippen LogP) is 5.44. The molecule has 2 aromatic carbocycles. The zero-order valence-electron chi connectivity index (χ0n) is 13.4. The van der Waals surface area contributed by atoms with Crippen molar-refractivity contribution in [2.45, 2.75) is 38.5 Å². The highest BCUT2D eigenvalue weighted by atomic mass is 16.3. The molecule has 0 radical (unpaired) electrons. The van der Waals surface area contributed by atoms with Crippen LogP contribution in [0.15, 0.2) is 66.2 Å². The van der Waals surface area contributed by atoms with Crippen LogP contribution in [0.2, 0.25) is 0 Å². The molecule has 0 amide bonds. The van der Waals surface area contributed by atoms with Crippen molar-refractivity contribution < 1.29 is 5.11 Å². The zero-order chi connectivity index (χ0) is 15.6. The normalized spacial score (nSPS) is 21.7. The van der Waals surface area contributed by atoms with E-state index in [2.05, 4.69) is 62.4 Å². The molecular formula is C21H24O. The third-order valence-corrected chi connectivity index (χ3v) is 5.04. The van der Waals surface area contributed by atoms with Crippen LogP contribution >= 0.6 is 0 Å². The first kappa shape index (κ1) is 14.9. The first-order valence-corrected chi connectivity index (χ1v) is 8.16. The second kappa shape index (κ2) is 6.00. The van der Waals surface area contributed by atoms with Crippen LogP contribution < -0.4 is 0 Å². The molecule has 0 aliphatic heterocycles. The van der Waals surface area contributed by atoms with Crippen molar-refractivity contribution in [1.29, 1.82) is 0 Å². The molecule has 1 aliphatic rings. The fourth-order valence-corrected chi connectivity index (χ4v) is 3.62. The van der Waals surface area contributed by atoms with Gasteiger partial charge in [0.1, 0.15) is 5.75 Å². The maximum atomic E-state index is 9.61. The van der Waals surface area contributed by atoms with Gasteiger partial charge in [-0.05, 0) is 48.4 Å². The Hall–Kier alpha value is -2.02. The molecule has 1 N–H and O–H groups in total. The van der Waals surface area contributed by atoms with Gasteiger partial charge >= 0.3 is 0 Å². The van der Waals surface area contributed by atoms with Crippen LogP contribution in [0.1, 0.15) is 44.2 Å². The Balaban J connectivity index is 2.07. The van der Waals surface area contributed by atoms with Crippen LogP contribution in [0, 0.1) is 5.92 Å². The van der Waals surface area contributed by atoms with Crippen molar-refractivity contribution in [3.8, 4) is 5.75 Å². The van der Waals surface area contributed by atoms with E-state index in [1.54, 1.807) is 5.57 Å². The van der Waals surface area contributed by atoms with Gasteiger partial charge in [0.2, 0.25) is 0 Å². The molecule has 0 saturated heterocycles. The molecule has 2 aromatic rings. The number of benzene rings is 2. The number of aromatic hydroxyl groups is 1. The third-order valence-electron chi connectivity index (χ3n) is 5.04. The van der Waals surface area contributed by atoms with Gasteiger partial charge in [-0.3, -0.25) is 0 Å². The van der Waals surface area contributed by atoms with Crippen molar-refractivity contribution >= 4 is 0 Å². The minimum atomic E-state index is 0.0351. The first-order chi connectivity index (χ1) is 10.6. The summed E-state index contributed by atoms with van der Waals surface area (Å²) in [5.74, 6) is 0.967. The summed E-state index contributed by atoms with van der Waals surface area (Å²) in [6.07, 6.45) is 5.75. The third kappa shape index (κ3) is 2.68. The zero-order valence-corrected chi connectivity index (χ0v) is 13.4. The SMILES string of the molecule is CC(C)C1=CC[C@@](c2ccccc2)(c2ccc(O)cc2)CC1. The van der Waals surface area contributed by atoms with Crippen molar-refractivity contribution in [1.82, 2.24) is 0 Å². The van der Waals surface area contributed by atoms with E-state index in [4.69, 9.17) is 0 Å². The van der Waals surface area contributed by atoms with Crippen LogP contribution in [0.4, 0.5) is 0 Å². The Morgan fingerprint density at radius 3 is 2.09 bits per heavy atom. The molecule has 0 fully saturated rings. The van der Waals surface area contributed by atoms with Gasteiger partial charge in [-0.15, -0.1) is 0 Å². The highest BCUT2D eigenvalue weighted by Crippen LogP contribution is 2.45. The lowest BCUT2D eigenvalue weighted by Crippen LogP contribution is -2.30. The fraction of sp³-hybridized carbons (Fsp3) is 0.333. The summed E-state index contributed by atoms with van der Waals surface area (Å²) in [6, 6.07) is 18.6. The number of hydrogen-bond donors (Lipinski definition) is 1. The molecular weight excluding hydrogens is 268 g/mol. The Labute approximate surface area is 133 Å². The van der Waals surface area contributed by atoms with Crippen LogP contribution in [0.3, 0.4) is 0 Å². The summed E-state index contributed by atoms with van der Waals surface area (Å²) in [4.78, 5) is 0. The number of phenolic OH excluding ortho intramolecular Hbond substituents is 1. The van der Waals surface area contributed by atoms with Gasteiger partial charge in [0.15, 0.2) is 0 Å². The molecule has 114 valence electrons. The van der Waals surface area contributed by atoms with Gasteiger partial charge < -0.3 is 5.11 Å². The van der Waals surface area contributed by atoms with E-state index in [9.17, 15) is 5.11 Å². The minimum Gasteiger partial charge on any atom is -0.508 e. The molecule has 0 spiro atoms. The van der Waals surface area contributed by atoms with Gasteiger partial charge in [-0.25, -0.2) is 0 Å². The summed E-state index contributed by atoms with van der Waals surface area (Å²) in [5.41, 5.74) is 4.29. The smallest absolute Gasteiger partial charge is 0.115 e. The van der Waals surface area contributed by atoms with Crippen LogP contribution in [0.5, 0.6) is 5.75 Å². The Kier molecular flexibility index (Phi) is 4.06. The Bertz CT molecular complexity index is 652. The standard InChI is InChI=1S/C21H24O/c1-16(2)17-12-14-21(15-13-17,18-6-4-3-5-7-18)19-8-10-20(22)11-9-19/h3-12,16,22H,13-15H2,1-2H3/t21-/m1/s1. The van der Waals surface area contributed by atoms with E-state index in [-0.39, 0.29) is 5.41 Å². The predicted molar refractivity (Wildman–Crippen MR) is 92.1 cm³/mol. The lowest BCUT2D eigenvalue weighted by atomic mass is 9.65. The Morgan fingerprint density at radius 1 is 0.909 bits per heavy atom. The molecule has 3 rings (SSSR count). The molecule has 1 aliphatic carbocycles. The number of phenols is 1. The minimum absolute atomic E-state index is 0.0351. The average molecular weight is 292 g/mol. The second-order valence-electron chi connectivity index (χ2n) is 6.63. The summed E-state index contributed by atoms with van der Waals surface area (Å²) in [5, 5.41) is 9.61. The second-order valence-corrected chi connectivity index (χ2v) is 6.63. The van der Waals surface area contributed by atoms with Crippen LogP contribution in [0.25, 0.3) is 0 Å². The highest BCUT2D eigenvalue weighted by molar-refractivity contribution is 5.43. The van der Waals surface area contributed by atoms with Crippen molar-refractivity contribution in [2.24, 2.45) is 5.92 Å². The van der Waals surface area contributed by atoms with E-state index in [0.717, 1.165) is 19.3 Å². The average Bonchev–Trinajstić information content (AvgIpc) is 2.56. The van der Waals surface area contributed by atoms with Crippen LogP contribution in [-0.2, 0) is 5.41 Å². The molecule has 1 nitrogen and oxygen atoms in total. The van der Waals surface area contributed by atoms with E-state index in [1.807, 2.05) is 12.1 Å². The first-order valence-electron chi connectivity index (χ1n) is 8.16. The van der Waals surface area contributed by atoms with Crippen molar-refractivity contribution in [3.05, 3.63) is 77.4 Å². The Morgan fingerprint density at radius 2 is 1.55 bits per heavy atom. The molecule has 0 saturated carbocycles. The van der Waals surface area contributed by atoms with E-state index >= 15 is 0 Å². The molecule has 0 bridgehead atoms. The summed E-state index contributed by atoms with van der Waals surface area (Å²) in [7, 11) is 0. The lowest BCUT2D eigenvalue weighted by Gasteiger charge is -2.38. The summed E-state index contributed by atoms with van der Waals surface area (Å²) in [6.45, 7) is 4.56. The van der Waals surface area contributed by atoms with Gasteiger partial charge in [0, 0.05) is 5.41 Å². The van der Waals surface area contributed by atoms with E-state index in [1.165, 1.54) is 11.1 Å². The highest BCUT2D eigenvalue weighted by Gasteiger charge is 2.35. The number of allylic oxidation sites excluding steroid dienone is 2. The number of rotatable bonds is 3. The maximum Gasteiger partial charge on any atom is 0.115 e. The maximum absolute atomic E-state index is 9.61. The van der Waals surface area contributed by atoms with Gasteiger partial charge in [-0.2, -0.15) is 0 Å². The topological polar surface area (TPSA) is 20.2 Å². The fourth-order valence-electron chi connectivity index (χ4n) is 3.62. The summed E-state index contributed by atoms with van der Waals surface area (Å²) < 4.78 is 0. The van der Waals surface area contributed by atoms with Crippen molar-refractivity contribution in [3.63, 3.8) is 0 Å². The molecule has 1 atom stereocenters. The largest absolute Gasteiger partial charge is 0.508 e. The molecule has 22 heavy (non-hydrogen) atoms. The van der Waals surface area contributed by atoms with Crippen molar-refractivity contribution in [2.75, 3.05) is 0 Å². The van der Waals surface area contributed by atoms with Crippen LogP contribution in [-0.4, -0.2) is 5.11 Å². The number of hydrogen-bond acceptors (Lipinski definition) is 1. The van der Waals surface area contributed by atoms with Gasteiger partial charge in [0.05, 0.1) is 0 Å². The lowest BCUT2D eigenvalue weighted by molar-refractivity contribution is 0.437. The molecule has 0 aromatic heterocycles. The molecule has 0 heterocycles. The van der Waals surface area contributed by atoms with Gasteiger partial charge in [-0.1, -0.05) is 68.0 Å². The van der Waals surface area contributed by atoms with E-state index < -0.39 is 0 Å². The quantitative estimate of drug-likeness (QED) is 0.746. The van der Waals surface area contributed by atoms with E-state index in [0.29, 0.717) is 11.7 Å². The summed E-state index contributed by atoms with van der Waals surface area (Å²) >= 11 is 0. The van der Waals surface area contributed by atoms with Gasteiger partial charge in [0.25, 0.3) is 0 Å². The molecule has 1 heteroatoms. The molecule has 0 unspecified atom stereocenters.